The quantitative estimate of drug-likeness (QED) is 0.703. The van der Waals surface area contributed by atoms with Gasteiger partial charge in [-0.1, -0.05) is 36.4 Å². The molecule has 2 saturated heterocycles. The minimum atomic E-state index is -3.77. The number of nitrogens with one attached hydrogen (secondary N) is 1. The van der Waals surface area contributed by atoms with E-state index in [1.807, 2.05) is 47.1 Å². The average Bonchev–Trinajstić information content (AvgIpc) is 3.15. The fourth-order valence-electron chi connectivity index (χ4n) is 4.56. The molecule has 0 aliphatic carbocycles. The third kappa shape index (κ3) is 5.04. The Balaban J connectivity index is 1.41. The highest BCUT2D eigenvalue weighted by atomic mass is 32.2. The summed E-state index contributed by atoms with van der Waals surface area (Å²) in [7, 11) is -3.77. The van der Waals surface area contributed by atoms with Gasteiger partial charge in [-0.15, -0.1) is 0 Å². The van der Waals surface area contributed by atoms with Gasteiger partial charge < -0.3 is 15.1 Å². The summed E-state index contributed by atoms with van der Waals surface area (Å²) in [5, 5.41) is 2.63. The Hall–Kier alpha value is -2.91. The van der Waals surface area contributed by atoms with Gasteiger partial charge in [0.05, 0.1) is 5.69 Å². The topological polar surface area (TPSA) is 90.0 Å². The molecule has 0 saturated carbocycles. The van der Waals surface area contributed by atoms with Crippen LogP contribution in [-0.2, 0) is 21.4 Å². The van der Waals surface area contributed by atoms with Crippen molar-refractivity contribution in [2.45, 2.75) is 44.2 Å². The van der Waals surface area contributed by atoms with E-state index in [0.29, 0.717) is 51.3 Å². The number of anilines is 1. The predicted molar refractivity (Wildman–Crippen MR) is 126 cm³/mol. The molecular weight excluding hydrogens is 440 g/mol. The summed E-state index contributed by atoms with van der Waals surface area (Å²) in [6.07, 6.45) is 1.18. The Morgan fingerprint density at radius 2 is 1.73 bits per heavy atom. The van der Waals surface area contributed by atoms with Gasteiger partial charge in [0.2, 0.25) is 15.9 Å². The third-order valence-electron chi connectivity index (χ3n) is 6.27. The van der Waals surface area contributed by atoms with E-state index >= 15 is 0 Å². The molecule has 2 heterocycles. The monoisotopic (exact) mass is 470 g/mol. The van der Waals surface area contributed by atoms with Gasteiger partial charge in [-0.2, -0.15) is 4.31 Å². The highest BCUT2D eigenvalue weighted by Crippen LogP contribution is 2.30. The van der Waals surface area contributed by atoms with Crippen molar-refractivity contribution in [3.8, 4) is 0 Å². The SMILES string of the molecule is CC(=O)Nc1ccc(C)cc1S(=O)(=O)N1CCC(N2CCN(Cc3ccccc3)C2=O)CC1. The molecule has 2 aromatic carbocycles. The van der Waals surface area contributed by atoms with Gasteiger partial charge in [0.1, 0.15) is 4.90 Å². The molecule has 0 aromatic heterocycles. The van der Waals surface area contributed by atoms with E-state index in [4.69, 9.17) is 0 Å². The lowest BCUT2D eigenvalue weighted by Gasteiger charge is -2.36. The number of nitrogens with zero attached hydrogens (tertiary/aromatic N) is 3. The zero-order valence-corrected chi connectivity index (χ0v) is 19.8. The van der Waals surface area contributed by atoms with Crippen molar-refractivity contribution >= 4 is 27.6 Å². The first-order valence-electron chi connectivity index (χ1n) is 11.2. The zero-order valence-electron chi connectivity index (χ0n) is 19.0. The maximum atomic E-state index is 13.4. The molecular formula is C24H30N4O4S. The number of sulfonamides is 1. The summed E-state index contributed by atoms with van der Waals surface area (Å²) in [5.74, 6) is -0.318. The number of benzene rings is 2. The fraction of sp³-hybridized carbons (Fsp3) is 0.417. The minimum absolute atomic E-state index is 0.0202. The van der Waals surface area contributed by atoms with Gasteiger partial charge in [0.15, 0.2) is 0 Å². The molecule has 8 nitrogen and oxygen atoms in total. The van der Waals surface area contributed by atoms with E-state index in [1.165, 1.54) is 11.2 Å². The lowest BCUT2D eigenvalue weighted by molar-refractivity contribution is -0.114. The van der Waals surface area contributed by atoms with Crippen LogP contribution in [-0.4, -0.2) is 66.7 Å². The van der Waals surface area contributed by atoms with E-state index in [9.17, 15) is 18.0 Å². The van der Waals surface area contributed by atoms with Crippen LogP contribution >= 0.6 is 0 Å². The number of amides is 3. The van der Waals surface area contributed by atoms with Crippen molar-refractivity contribution in [1.82, 2.24) is 14.1 Å². The Labute approximate surface area is 195 Å². The molecule has 2 aliphatic rings. The van der Waals surface area contributed by atoms with Crippen molar-refractivity contribution in [3.05, 3.63) is 59.7 Å². The lowest BCUT2D eigenvalue weighted by Crippen LogP contribution is -2.48. The van der Waals surface area contributed by atoms with Crippen LogP contribution in [0.25, 0.3) is 0 Å². The van der Waals surface area contributed by atoms with E-state index in [-0.39, 0.29) is 22.9 Å². The molecule has 0 radical (unpaired) electrons. The van der Waals surface area contributed by atoms with Gasteiger partial charge >= 0.3 is 6.03 Å². The zero-order chi connectivity index (χ0) is 23.6. The molecule has 1 N–H and O–H groups in total. The second-order valence-corrected chi connectivity index (χ2v) is 10.6. The molecule has 2 aromatic rings. The second-order valence-electron chi connectivity index (χ2n) is 8.70. The number of urea groups is 1. The molecule has 0 unspecified atom stereocenters. The maximum Gasteiger partial charge on any atom is 0.320 e. The van der Waals surface area contributed by atoms with Gasteiger partial charge in [0, 0.05) is 45.7 Å². The number of hydrogen-bond acceptors (Lipinski definition) is 4. The van der Waals surface area contributed by atoms with Gasteiger partial charge in [0.25, 0.3) is 0 Å². The lowest BCUT2D eigenvalue weighted by atomic mass is 10.1. The number of aryl methyl sites for hydroxylation is 1. The highest BCUT2D eigenvalue weighted by molar-refractivity contribution is 7.89. The molecule has 2 aliphatic heterocycles. The van der Waals surface area contributed by atoms with E-state index in [1.54, 1.807) is 18.2 Å². The normalized spacial score (nSPS) is 18.1. The first-order valence-corrected chi connectivity index (χ1v) is 12.7. The van der Waals surface area contributed by atoms with Gasteiger partial charge in [-0.25, -0.2) is 13.2 Å². The molecule has 0 atom stereocenters. The fourth-order valence-corrected chi connectivity index (χ4v) is 6.26. The van der Waals surface area contributed by atoms with Crippen LogP contribution < -0.4 is 5.32 Å². The number of hydrogen-bond donors (Lipinski definition) is 1. The van der Waals surface area contributed by atoms with E-state index in [0.717, 1.165) is 11.1 Å². The van der Waals surface area contributed by atoms with Crippen LogP contribution in [0.4, 0.5) is 10.5 Å². The first-order chi connectivity index (χ1) is 15.8. The van der Waals surface area contributed by atoms with E-state index < -0.39 is 10.0 Å². The molecule has 176 valence electrons. The van der Waals surface area contributed by atoms with E-state index in [2.05, 4.69) is 5.32 Å². The van der Waals surface area contributed by atoms with Crippen molar-refractivity contribution < 1.29 is 18.0 Å². The summed E-state index contributed by atoms with van der Waals surface area (Å²) in [5.41, 5.74) is 2.20. The number of carbonyl (C=O) groups is 2. The maximum absolute atomic E-state index is 13.4. The smallest absolute Gasteiger partial charge is 0.320 e. The molecule has 2 fully saturated rings. The van der Waals surface area contributed by atoms with Crippen LogP contribution in [0.1, 0.15) is 30.9 Å². The molecule has 33 heavy (non-hydrogen) atoms. The van der Waals surface area contributed by atoms with Crippen LogP contribution in [0.15, 0.2) is 53.4 Å². The largest absolute Gasteiger partial charge is 0.325 e. The first kappa shape index (κ1) is 23.3. The summed E-state index contributed by atoms with van der Waals surface area (Å²) in [4.78, 5) is 28.4. The van der Waals surface area contributed by atoms with Gasteiger partial charge in [-0.05, 0) is 43.0 Å². The Kier molecular flexibility index (Phi) is 6.71. The number of carbonyl (C=O) groups excluding carboxylic acids is 2. The van der Waals surface area contributed by atoms with Crippen molar-refractivity contribution in [3.63, 3.8) is 0 Å². The summed E-state index contributed by atoms with van der Waals surface area (Å²) < 4.78 is 28.2. The second kappa shape index (κ2) is 9.52. The minimum Gasteiger partial charge on any atom is -0.325 e. The Bertz CT molecular complexity index is 1130. The number of piperidine rings is 1. The van der Waals surface area contributed by atoms with Crippen molar-refractivity contribution in [2.75, 3.05) is 31.5 Å². The van der Waals surface area contributed by atoms with Crippen LogP contribution in [0.3, 0.4) is 0 Å². The Morgan fingerprint density at radius 1 is 1.03 bits per heavy atom. The summed E-state index contributed by atoms with van der Waals surface area (Å²) in [6.45, 7) is 5.77. The summed E-state index contributed by atoms with van der Waals surface area (Å²) in [6, 6.07) is 15.0. The molecule has 9 heteroatoms. The molecule has 0 bridgehead atoms. The summed E-state index contributed by atoms with van der Waals surface area (Å²) >= 11 is 0. The molecule has 0 spiro atoms. The number of rotatable bonds is 6. The predicted octanol–water partition coefficient (Wildman–Crippen LogP) is 3.04. The van der Waals surface area contributed by atoms with Gasteiger partial charge in [-0.3, -0.25) is 4.79 Å². The molecule has 3 amide bonds. The van der Waals surface area contributed by atoms with Crippen molar-refractivity contribution in [2.24, 2.45) is 0 Å². The van der Waals surface area contributed by atoms with Crippen LogP contribution in [0.2, 0.25) is 0 Å². The van der Waals surface area contributed by atoms with Crippen molar-refractivity contribution in [1.29, 1.82) is 0 Å². The molecule has 4 rings (SSSR count). The Morgan fingerprint density at radius 3 is 2.39 bits per heavy atom. The average molecular weight is 471 g/mol. The third-order valence-corrected chi connectivity index (χ3v) is 8.21. The van der Waals surface area contributed by atoms with Crippen LogP contribution in [0, 0.1) is 6.92 Å². The standard InChI is InChI=1S/C24H30N4O4S/c1-18-8-9-22(25-19(2)29)23(16-18)33(31,32)27-12-10-21(11-13-27)28-15-14-26(24(28)30)17-20-6-4-3-5-7-20/h3-9,16,21H,10-15,17H2,1-2H3,(H,25,29). The highest BCUT2D eigenvalue weighted by Gasteiger charge is 2.38. The van der Waals surface area contributed by atoms with Crippen LogP contribution in [0.5, 0.6) is 0 Å².